The number of hydrogen-bond acceptors (Lipinski definition) is 5. The highest BCUT2D eigenvalue weighted by Crippen LogP contribution is 2.27. The number of nitrogen functional groups attached to an aromatic ring is 1. The molecular formula is C17H20N6. The van der Waals surface area contributed by atoms with E-state index in [1.54, 1.807) is 10.7 Å². The molecule has 23 heavy (non-hydrogen) atoms. The molecule has 3 N–H and O–H groups in total. The van der Waals surface area contributed by atoms with Crippen LogP contribution in [0.2, 0.25) is 0 Å². The summed E-state index contributed by atoms with van der Waals surface area (Å²) in [6.45, 7) is 1.06. The number of nitrogens with one attached hydrogen (secondary N) is 1. The van der Waals surface area contributed by atoms with Crippen LogP contribution in [-0.2, 0) is 6.42 Å². The van der Waals surface area contributed by atoms with Crippen LogP contribution in [-0.4, -0.2) is 32.2 Å². The first-order valence-electron chi connectivity index (χ1n) is 8.09. The number of fused-ring (bicyclic) bond motifs is 1. The Bertz CT molecular complexity index is 807. The van der Waals surface area contributed by atoms with Gasteiger partial charge >= 0.3 is 0 Å². The van der Waals surface area contributed by atoms with Crippen molar-refractivity contribution in [2.45, 2.75) is 31.7 Å². The number of rotatable bonds is 6. The van der Waals surface area contributed by atoms with Crippen molar-refractivity contribution >= 4 is 11.5 Å². The molecule has 1 fully saturated rings. The van der Waals surface area contributed by atoms with Gasteiger partial charge in [-0.25, -0.2) is 9.50 Å². The third kappa shape index (κ3) is 3.03. The largest absolute Gasteiger partial charge is 0.382 e. The van der Waals surface area contributed by atoms with E-state index in [0.29, 0.717) is 5.82 Å². The second kappa shape index (κ2) is 5.96. The van der Waals surface area contributed by atoms with Crippen molar-refractivity contribution in [1.82, 2.24) is 24.9 Å². The molecule has 6 heteroatoms. The normalized spacial score (nSPS) is 14.4. The molecule has 3 aromatic heterocycles. The van der Waals surface area contributed by atoms with E-state index < -0.39 is 0 Å². The third-order valence-corrected chi connectivity index (χ3v) is 4.13. The summed E-state index contributed by atoms with van der Waals surface area (Å²) in [5.74, 6) is 0.462. The lowest BCUT2D eigenvalue weighted by atomic mass is 10.2. The summed E-state index contributed by atoms with van der Waals surface area (Å²) in [7, 11) is 0. The van der Waals surface area contributed by atoms with Gasteiger partial charge in [0.2, 0.25) is 0 Å². The van der Waals surface area contributed by atoms with Gasteiger partial charge in [0.15, 0.2) is 11.5 Å². The van der Waals surface area contributed by atoms with Gasteiger partial charge in [0.25, 0.3) is 0 Å². The molecule has 0 aliphatic heterocycles. The fourth-order valence-electron chi connectivity index (χ4n) is 2.76. The zero-order chi connectivity index (χ0) is 15.6. The first-order valence-corrected chi connectivity index (χ1v) is 8.09. The van der Waals surface area contributed by atoms with E-state index in [9.17, 15) is 0 Å². The van der Waals surface area contributed by atoms with Gasteiger partial charge in [-0.1, -0.05) is 6.07 Å². The van der Waals surface area contributed by atoms with E-state index in [1.807, 2.05) is 30.6 Å². The van der Waals surface area contributed by atoms with Crippen LogP contribution in [0.25, 0.3) is 16.9 Å². The van der Waals surface area contributed by atoms with Gasteiger partial charge < -0.3 is 11.1 Å². The Morgan fingerprint density at radius 1 is 1.26 bits per heavy atom. The maximum Gasteiger partial charge on any atom is 0.166 e. The summed E-state index contributed by atoms with van der Waals surface area (Å²) in [4.78, 5) is 8.92. The van der Waals surface area contributed by atoms with Crippen molar-refractivity contribution in [1.29, 1.82) is 0 Å². The molecule has 3 aromatic rings. The Morgan fingerprint density at radius 3 is 2.96 bits per heavy atom. The summed E-state index contributed by atoms with van der Waals surface area (Å²) < 4.78 is 1.77. The van der Waals surface area contributed by atoms with E-state index >= 15 is 0 Å². The number of aryl methyl sites for hydroxylation is 1. The molecule has 0 saturated heterocycles. The van der Waals surface area contributed by atoms with Gasteiger partial charge in [0.1, 0.15) is 0 Å². The van der Waals surface area contributed by atoms with Gasteiger partial charge in [-0.05, 0) is 49.9 Å². The second-order valence-corrected chi connectivity index (χ2v) is 6.04. The predicted octanol–water partition coefficient (Wildman–Crippen LogP) is 2.06. The first-order chi connectivity index (χ1) is 11.3. The molecule has 0 spiro atoms. The highest BCUT2D eigenvalue weighted by molar-refractivity contribution is 5.84. The highest BCUT2D eigenvalue weighted by atomic mass is 15.3. The fraction of sp³-hybridized carbons (Fsp3) is 0.353. The van der Waals surface area contributed by atoms with Gasteiger partial charge in [-0.3, -0.25) is 4.98 Å². The maximum atomic E-state index is 6.08. The van der Waals surface area contributed by atoms with Gasteiger partial charge in [0, 0.05) is 24.6 Å². The fourth-order valence-corrected chi connectivity index (χ4v) is 2.76. The minimum atomic E-state index is 0.462. The lowest BCUT2D eigenvalue weighted by Gasteiger charge is -2.04. The topological polar surface area (TPSA) is 81.1 Å². The molecule has 0 radical (unpaired) electrons. The van der Waals surface area contributed by atoms with E-state index in [-0.39, 0.29) is 0 Å². The van der Waals surface area contributed by atoms with Crippen LogP contribution in [0.1, 0.15) is 24.8 Å². The van der Waals surface area contributed by atoms with Crippen LogP contribution in [0.15, 0.2) is 36.8 Å². The van der Waals surface area contributed by atoms with Crippen LogP contribution in [0, 0.1) is 0 Å². The van der Waals surface area contributed by atoms with Crippen LogP contribution in [0.4, 0.5) is 5.82 Å². The Hall–Kier alpha value is -2.47. The van der Waals surface area contributed by atoms with E-state index in [2.05, 4.69) is 20.4 Å². The minimum Gasteiger partial charge on any atom is -0.382 e. The molecule has 3 heterocycles. The monoisotopic (exact) mass is 308 g/mol. The molecular weight excluding hydrogens is 288 g/mol. The molecule has 1 saturated carbocycles. The van der Waals surface area contributed by atoms with E-state index in [1.165, 1.54) is 18.4 Å². The SMILES string of the molecule is Nc1nn2cc(CCCNC3CC3)cnc2c1-c1ccccn1. The molecule has 4 rings (SSSR count). The Morgan fingerprint density at radius 2 is 2.17 bits per heavy atom. The highest BCUT2D eigenvalue weighted by Gasteiger charge is 2.19. The molecule has 1 aliphatic rings. The van der Waals surface area contributed by atoms with E-state index in [4.69, 9.17) is 5.73 Å². The number of nitrogens with two attached hydrogens (primary N) is 1. The number of anilines is 1. The van der Waals surface area contributed by atoms with Crippen molar-refractivity contribution in [3.05, 3.63) is 42.4 Å². The maximum absolute atomic E-state index is 6.08. The molecule has 0 amide bonds. The van der Waals surface area contributed by atoms with Crippen molar-refractivity contribution < 1.29 is 0 Å². The average Bonchev–Trinajstić information content (AvgIpc) is 3.33. The van der Waals surface area contributed by atoms with Gasteiger partial charge in [-0.15, -0.1) is 5.10 Å². The lowest BCUT2D eigenvalue weighted by molar-refractivity contribution is 0.643. The molecule has 0 aromatic carbocycles. The standard InChI is InChI=1S/C17H20N6/c18-16-15(14-5-1-2-8-20-14)17-21-10-12(11-23(17)22-16)4-3-9-19-13-6-7-13/h1-2,5,8,10-11,13,19H,3-4,6-7,9H2,(H2,18,22). The zero-order valence-electron chi connectivity index (χ0n) is 12.9. The van der Waals surface area contributed by atoms with Crippen molar-refractivity contribution in [2.75, 3.05) is 12.3 Å². The zero-order valence-corrected chi connectivity index (χ0v) is 12.9. The van der Waals surface area contributed by atoms with Crippen LogP contribution in [0.3, 0.4) is 0 Å². The van der Waals surface area contributed by atoms with Crippen LogP contribution < -0.4 is 11.1 Å². The first kappa shape index (κ1) is 14.1. The number of hydrogen-bond donors (Lipinski definition) is 2. The summed E-state index contributed by atoms with van der Waals surface area (Å²) in [6, 6.07) is 6.51. The summed E-state index contributed by atoms with van der Waals surface area (Å²) in [5.41, 5.74) is 9.60. The number of nitrogens with zero attached hydrogens (tertiary/aromatic N) is 4. The summed E-state index contributed by atoms with van der Waals surface area (Å²) in [6.07, 6.45) is 10.4. The smallest absolute Gasteiger partial charge is 0.166 e. The predicted molar refractivity (Wildman–Crippen MR) is 90.0 cm³/mol. The summed E-state index contributed by atoms with van der Waals surface area (Å²) >= 11 is 0. The second-order valence-electron chi connectivity index (χ2n) is 6.04. The number of pyridine rings is 1. The molecule has 0 bridgehead atoms. The molecule has 0 unspecified atom stereocenters. The average molecular weight is 308 g/mol. The molecule has 0 atom stereocenters. The van der Waals surface area contributed by atoms with Crippen LogP contribution in [0.5, 0.6) is 0 Å². The Kier molecular flexibility index (Phi) is 3.67. The molecule has 118 valence electrons. The van der Waals surface area contributed by atoms with Crippen molar-refractivity contribution in [3.63, 3.8) is 0 Å². The van der Waals surface area contributed by atoms with Gasteiger partial charge in [-0.2, -0.15) is 0 Å². The molecule has 6 nitrogen and oxygen atoms in total. The van der Waals surface area contributed by atoms with Crippen LogP contribution >= 0.6 is 0 Å². The Labute approximate surface area is 134 Å². The Balaban J connectivity index is 1.55. The van der Waals surface area contributed by atoms with E-state index in [0.717, 1.165) is 42.3 Å². The minimum absolute atomic E-state index is 0.462. The van der Waals surface area contributed by atoms with Crippen molar-refractivity contribution in [3.8, 4) is 11.3 Å². The quantitative estimate of drug-likeness (QED) is 0.681. The lowest BCUT2D eigenvalue weighted by Crippen LogP contribution is -2.17. The molecule has 1 aliphatic carbocycles. The number of aromatic nitrogens is 4. The summed E-state index contributed by atoms with van der Waals surface area (Å²) in [5, 5.41) is 7.92. The third-order valence-electron chi connectivity index (χ3n) is 4.13. The van der Waals surface area contributed by atoms with Gasteiger partial charge in [0.05, 0.1) is 11.3 Å². The van der Waals surface area contributed by atoms with Crippen molar-refractivity contribution in [2.24, 2.45) is 0 Å².